The minimum atomic E-state index is -0.0840. The van der Waals surface area contributed by atoms with E-state index in [2.05, 4.69) is 32.9 Å². The fraction of sp³-hybridized carbons (Fsp3) is 0.812. The van der Waals surface area contributed by atoms with Gasteiger partial charge in [0.1, 0.15) is 5.82 Å². The predicted octanol–water partition coefficient (Wildman–Crippen LogP) is 1.37. The quantitative estimate of drug-likeness (QED) is 0.711. The number of aliphatic hydroxyl groups is 1. The normalized spacial score (nSPS) is 22.0. The lowest BCUT2D eigenvalue weighted by Gasteiger charge is -2.30. The molecule has 5 heteroatoms. The lowest BCUT2D eigenvalue weighted by Crippen LogP contribution is -2.47. The van der Waals surface area contributed by atoms with Crippen molar-refractivity contribution in [3.63, 3.8) is 0 Å². The Labute approximate surface area is 127 Å². The van der Waals surface area contributed by atoms with E-state index >= 15 is 0 Å². The van der Waals surface area contributed by atoms with Crippen LogP contribution in [-0.2, 0) is 13.1 Å². The summed E-state index contributed by atoms with van der Waals surface area (Å²) in [7, 11) is 0. The smallest absolute Gasteiger partial charge is 0.122 e. The Morgan fingerprint density at radius 3 is 3.00 bits per heavy atom. The first-order valence-electron chi connectivity index (χ1n) is 8.29. The zero-order valence-corrected chi connectivity index (χ0v) is 13.1. The standard InChI is InChI=1S/C16H28N4O/c1-16(13-21,18-14-4-5-14)6-2-3-8-19-10-11-20-9-7-17-15(20)12-19/h7,9,14,18,21H,2-6,8,10-13H2,1H3. The molecular formula is C16H28N4O. The van der Waals surface area contributed by atoms with Gasteiger partial charge >= 0.3 is 0 Å². The molecule has 0 spiro atoms. The van der Waals surface area contributed by atoms with Gasteiger partial charge in [0.05, 0.1) is 13.2 Å². The molecule has 1 aromatic rings. The summed E-state index contributed by atoms with van der Waals surface area (Å²) in [6, 6.07) is 0.656. The van der Waals surface area contributed by atoms with Crippen LogP contribution in [-0.4, -0.2) is 50.8 Å². The van der Waals surface area contributed by atoms with E-state index < -0.39 is 0 Å². The van der Waals surface area contributed by atoms with Crippen LogP contribution in [0.3, 0.4) is 0 Å². The Morgan fingerprint density at radius 2 is 2.24 bits per heavy atom. The molecule has 118 valence electrons. The number of fused-ring (bicyclic) bond motifs is 1. The first kappa shape index (κ1) is 15.0. The highest BCUT2D eigenvalue weighted by atomic mass is 16.3. The zero-order chi connectivity index (χ0) is 14.7. The zero-order valence-electron chi connectivity index (χ0n) is 13.1. The molecule has 2 N–H and O–H groups in total. The SMILES string of the molecule is CC(CO)(CCCCN1CCn2ccnc2C1)NC1CC1. The second-order valence-electron chi connectivity index (χ2n) is 6.91. The third-order valence-electron chi connectivity index (χ3n) is 4.76. The molecule has 1 fully saturated rings. The van der Waals surface area contributed by atoms with Crippen LogP contribution < -0.4 is 5.32 Å². The topological polar surface area (TPSA) is 53.3 Å². The molecular weight excluding hydrogens is 264 g/mol. The highest BCUT2D eigenvalue weighted by molar-refractivity contribution is 4.95. The Morgan fingerprint density at radius 1 is 1.38 bits per heavy atom. The molecule has 0 aromatic carbocycles. The molecule has 1 aromatic heterocycles. The van der Waals surface area contributed by atoms with Gasteiger partial charge in [-0.05, 0) is 39.2 Å². The number of nitrogens with zero attached hydrogens (tertiary/aromatic N) is 3. The van der Waals surface area contributed by atoms with Crippen molar-refractivity contribution < 1.29 is 5.11 Å². The second kappa shape index (κ2) is 6.46. The fourth-order valence-electron chi connectivity index (χ4n) is 3.18. The van der Waals surface area contributed by atoms with Crippen molar-refractivity contribution in [3.8, 4) is 0 Å². The monoisotopic (exact) mass is 292 g/mol. The number of unbranched alkanes of at least 4 members (excludes halogenated alkanes) is 1. The first-order chi connectivity index (χ1) is 10.2. The van der Waals surface area contributed by atoms with Gasteiger partial charge < -0.3 is 15.0 Å². The summed E-state index contributed by atoms with van der Waals surface area (Å²) in [5.41, 5.74) is -0.0840. The average Bonchev–Trinajstić information content (AvgIpc) is 3.17. The lowest BCUT2D eigenvalue weighted by molar-refractivity contribution is 0.156. The Balaban J connectivity index is 1.36. The predicted molar refractivity (Wildman–Crippen MR) is 83.0 cm³/mol. The number of rotatable bonds is 8. The van der Waals surface area contributed by atoms with E-state index in [1.807, 2.05) is 6.20 Å². The summed E-state index contributed by atoms with van der Waals surface area (Å²) in [5, 5.41) is 13.2. The van der Waals surface area contributed by atoms with Gasteiger partial charge in [-0.3, -0.25) is 4.90 Å². The molecule has 0 bridgehead atoms. The van der Waals surface area contributed by atoms with Gasteiger partial charge in [-0.1, -0.05) is 6.42 Å². The molecule has 0 radical (unpaired) electrons. The number of hydrogen-bond acceptors (Lipinski definition) is 4. The van der Waals surface area contributed by atoms with E-state index in [0.717, 1.165) is 32.6 Å². The summed E-state index contributed by atoms with van der Waals surface area (Å²) in [6.07, 6.45) is 9.94. The van der Waals surface area contributed by atoms with E-state index in [-0.39, 0.29) is 12.1 Å². The van der Waals surface area contributed by atoms with E-state index in [1.54, 1.807) is 0 Å². The maximum atomic E-state index is 9.61. The van der Waals surface area contributed by atoms with Gasteiger partial charge in [0.15, 0.2) is 0 Å². The van der Waals surface area contributed by atoms with Gasteiger partial charge in [-0.2, -0.15) is 0 Å². The minimum absolute atomic E-state index is 0.0840. The number of hydrogen-bond donors (Lipinski definition) is 2. The lowest BCUT2D eigenvalue weighted by atomic mass is 9.95. The Kier molecular flexibility index (Phi) is 4.62. The van der Waals surface area contributed by atoms with Crippen LogP contribution in [0.2, 0.25) is 0 Å². The van der Waals surface area contributed by atoms with Gasteiger partial charge in [-0.15, -0.1) is 0 Å². The maximum absolute atomic E-state index is 9.61. The van der Waals surface area contributed by atoms with E-state index in [1.165, 1.54) is 31.5 Å². The minimum Gasteiger partial charge on any atom is -0.394 e. The third kappa shape index (κ3) is 4.05. The van der Waals surface area contributed by atoms with Gasteiger partial charge in [-0.25, -0.2) is 4.98 Å². The van der Waals surface area contributed by atoms with Crippen molar-refractivity contribution in [2.45, 2.75) is 63.7 Å². The van der Waals surface area contributed by atoms with Crippen molar-refractivity contribution in [3.05, 3.63) is 18.2 Å². The van der Waals surface area contributed by atoms with Crippen molar-refractivity contribution in [2.24, 2.45) is 0 Å². The van der Waals surface area contributed by atoms with Gasteiger partial charge in [0, 0.05) is 37.1 Å². The van der Waals surface area contributed by atoms with Crippen molar-refractivity contribution >= 4 is 0 Å². The van der Waals surface area contributed by atoms with Crippen molar-refractivity contribution in [2.75, 3.05) is 19.7 Å². The Bertz CT molecular complexity index is 457. The number of aromatic nitrogens is 2. The van der Waals surface area contributed by atoms with Crippen LogP contribution in [0.15, 0.2) is 12.4 Å². The molecule has 0 saturated heterocycles. The van der Waals surface area contributed by atoms with Crippen LogP contribution in [0.4, 0.5) is 0 Å². The second-order valence-corrected chi connectivity index (χ2v) is 6.91. The summed E-state index contributed by atoms with van der Waals surface area (Å²) >= 11 is 0. The number of aliphatic hydroxyl groups excluding tert-OH is 1. The van der Waals surface area contributed by atoms with Crippen LogP contribution in [0.1, 0.15) is 44.9 Å². The van der Waals surface area contributed by atoms with E-state index in [0.29, 0.717) is 6.04 Å². The molecule has 2 heterocycles. The highest BCUT2D eigenvalue weighted by Gasteiger charge is 2.31. The molecule has 1 atom stereocenters. The number of nitrogens with one attached hydrogen (secondary N) is 1. The molecule has 3 rings (SSSR count). The van der Waals surface area contributed by atoms with Crippen LogP contribution >= 0.6 is 0 Å². The molecule has 2 aliphatic rings. The summed E-state index contributed by atoms with van der Waals surface area (Å²) in [6.45, 7) is 6.70. The molecule has 1 saturated carbocycles. The van der Waals surface area contributed by atoms with Crippen molar-refractivity contribution in [1.29, 1.82) is 0 Å². The molecule has 1 aliphatic heterocycles. The molecule has 0 amide bonds. The molecule has 1 unspecified atom stereocenters. The Hall–Kier alpha value is -0.910. The molecule has 21 heavy (non-hydrogen) atoms. The summed E-state index contributed by atoms with van der Waals surface area (Å²) in [4.78, 5) is 6.90. The first-order valence-corrected chi connectivity index (χ1v) is 8.29. The summed E-state index contributed by atoms with van der Waals surface area (Å²) in [5.74, 6) is 1.19. The van der Waals surface area contributed by atoms with Crippen LogP contribution in [0, 0.1) is 0 Å². The molecule has 5 nitrogen and oxygen atoms in total. The maximum Gasteiger partial charge on any atom is 0.122 e. The largest absolute Gasteiger partial charge is 0.394 e. The highest BCUT2D eigenvalue weighted by Crippen LogP contribution is 2.25. The molecule has 1 aliphatic carbocycles. The number of imidazole rings is 1. The van der Waals surface area contributed by atoms with Crippen LogP contribution in [0.25, 0.3) is 0 Å². The van der Waals surface area contributed by atoms with Crippen LogP contribution in [0.5, 0.6) is 0 Å². The van der Waals surface area contributed by atoms with E-state index in [9.17, 15) is 5.11 Å². The summed E-state index contributed by atoms with van der Waals surface area (Å²) < 4.78 is 2.25. The van der Waals surface area contributed by atoms with Crippen molar-refractivity contribution in [1.82, 2.24) is 19.8 Å². The van der Waals surface area contributed by atoms with E-state index in [4.69, 9.17) is 0 Å². The fourth-order valence-corrected chi connectivity index (χ4v) is 3.18. The third-order valence-corrected chi connectivity index (χ3v) is 4.76. The van der Waals surface area contributed by atoms with Gasteiger partial charge in [0.2, 0.25) is 0 Å². The van der Waals surface area contributed by atoms with Gasteiger partial charge in [0.25, 0.3) is 0 Å². The average molecular weight is 292 g/mol.